The summed E-state index contributed by atoms with van der Waals surface area (Å²) in [6.45, 7) is 0.135. The lowest BCUT2D eigenvalue weighted by atomic mass is 10.1. The summed E-state index contributed by atoms with van der Waals surface area (Å²) in [5.74, 6) is 0.746. The van der Waals surface area contributed by atoms with Gasteiger partial charge in [0.25, 0.3) is 0 Å². The predicted octanol–water partition coefficient (Wildman–Crippen LogP) is 1.77. The molecule has 0 amide bonds. The first-order valence-corrected chi connectivity index (χ1v) is 8.68. The van der Waals surface area contributed by atoms with Crippen LogP contribution in [0, 0.1) is 0 Å². The standard InChI is InChI=1S/C14H17NO4S2/c1-19-13-5-3-2-4-11(13)8-9-15-21(17,18)14-7-6-12(10-16)20-14/h2-7,15-16H,8-10H2,1H3. The topological polar surface area (TPSA) is 75.6 Å². The lowest BCUT2D eigenvalue weighted by Crippen LogP contribution is -2.25. The van der Waals surface area contributed by atoms with Crippen molar-refractivity contribution in [2.45, 2.75) is 17.2 Å². The molecule has 0 bridgehead atoms. The van der Waals surface area contributed by atoms with Crippen molar-refractivity contribution in [1.82, 2.24) is 4.72 Å². The monoisotopic (exact) mass is 327 g/mol. The largest absolute Gasteiger partial charge is 0.496 e. The molecule has 0 aliphatic carbocycles. The van der Waals surface area contributed by atoms with Crippen LogP contribution < -0.4 is 9.46 Å². The Bertz CT molecular complexity index is 695. The van der Waals surface area contributed by atoms with Crippen molar-refractivity contribution < 1.29 is 18.3 Å². The Balaban J connectivity index is 1.99. The molecule has 1 heterocycles. The van der Waals surface area contributed by atoms with Gasteiger partial charge in [0.1, 0.15) is 9.96 Å². The molecular weight excluding hydrogens is 310 g/mol. The maximum Gasteiger partial charge on any atom is 0.250 e. The third-order valence-corrected chi connectivity index (χ3v) is 5.96. The highest BCUT2D eigenvalue weighted by atomic mass is 32.2. The van der Waals surface area contributed by atoms with E-state index in [0.717, 1.165) is 22.6 Å². The number of aliphatic hydroxyl groups excluding tert-OH is 1. The van der Waals surface area contributed by atoms with Crippen LogP contribution in [0.4, 0.5) is 0 Å². The van der Waals surface area contributed by atoms with Gasteiger partial charge in [-0.1, -0.05) is 18.2 Å². The first kappa shape index (κ1) is 16.0. The molecule has 2 N–H and O–H groups in total. The van der Waals surface area contributed by atoms with Crippen LogP contribution in [0.5, 0.6) is 5.75 Å². The van der Waals surface area contributed by atoms with Gasteiger partial charge in [-0.25, -0.2) is 13.1 Å². The van der Waals surface area contributed by atoms with E-state index < -0.39 is 10.0 Å². The summed E-state index contributed by atoms with van der Waals surface area (Å²) in [7, 11) is -1.93. The SMILES string of the molecule is COc1ccccc1CCNS(=O)(=O)c1ccc(CO)s1. The average molecular weight is 327 g/mol. The fraction of sp³-hybridized carbons (Fsp3) is 0.286. The Morgan fingerprint density at radius 2 is 2.00 bits per heavy atom. The molecule has 0 fully saturated rings. The van der Waals surface area contributed by atoms with E-state index in [-0.39, 0.29) is 17.4 Å². The zero-order valence-corrected chi connectivity index (χ0v) is 13.2. The number of methoxy groups -OCH3 is 1. The summed E-state index contributed by atoms with van der Waals surface area (Å²) < 4.78 is 32.2. The van der Waals surface area contributed by atoms with Crippen LogP contribution in [-0.4, -0.2) is 27.2 Å². The predicted molar refractivity (Wildman–Crippen MR) is 82.1 cm³/mol. The number of ether oxygens (including phenoxy) is 1. The fourth-order valence-corrected chi connectivity index (χ4v) is 4.18. The van der Waals surface area contributed by atoms with Crippen LogP contribution in [0.25, 0.3) is 0 Å². The fourth-order valence-electron chi connectivity index (χ4n) is 1.89. The van der Waals surface area contributed by atoms with Gasteiger partial charge in [-0.3, -0.25) is 0 Å². The lowest BCUT2D eigenvalue weighted by Gasteiger charge is -2.08. The number of thiophene rings is 1. The Morgan fingerprint density at radius 1 is 1.24 bits per heavy atom. The number of sulfonamides is 1. The van der Waals surface area contributed by atoms with Gasteiger partial charge in [-0.2, -0.15) is 0 Å². The normalized spacial score (nSPS) is 11.5. The van der Waals surface area contributed by atoms with E-state index in [1.165, 1.54) is 6.07 Å². The number of benzene rings is 1. The average Bonchev–Trinajstić information content (AvgIpc) is 2.97. The molecular formula is C14H17NO4S2. The van der Waals surface area contributed by atoms with Gasteiger partial charge in [0, 0.05) is 11.4 Å². The number of nitrogens with one attached hydrogen (secondary N) is 1. The van der Waals surface area contributed by atoms with Gasteiger partial charge < -0.3 is 9.84 Å². The zero-order chi connectivity index (χ0) is 15.3. The maximum atomic E-state index is 12.1. The highest BCUT2D eigenvalue weighted by Crippen LogP contribution is 2.22. The Hall–Kier alpha value is -1.41. The molecule has 0 radical (unpaired) electrons. The Kier molecular flexibility index (Phi) is 5.35. The molecule has 1 aromatic heterocycles. The zero-order valence-electron chi connectivity index (χ0n) is 11.6. The summed E-state index contributed by atoms with van der Waals surface area (Å²) in [5.41, 5.74) is 0.949. The van der Waals surface area contributed by atoms with E-state index in [1.54, 1.807) is 13.2 Å². The molecule has 1 aromatic carbocycles. The third kappa shape index (κ3) is 4.04. The molecule has 0 aliphatic heterocycles. The van der Waals surface area contributed by atoms with Gasteiger partial charge in [0.2, 0.25) is 10.0 Å². The molecule has 0 saturated heterocycles. The van der Waals surface area contributed by atoms with Crippen LogP contribution in [0.3, 0.4) is 0 Å². The molecule has 0 unspecified atom stereocenters. The van der Waals surface area contributed by atoms with Crippen LogP contribution in [0.1, 0.15) is 10.4 Å². The molecule has 21 heavy (non-hydrogen) atoms. The first-order valence-electron chi connectivity index (χ1n) is 6.38. The molecule has 7 heteroatoms. The van der Waals surface area contributed by atoms with Crippen LogP contribution >= 0.6 is 11.3 Å². The number of rotatable bonds is 7. The van der Waals surface area contributed by atoms with Crippen molar-refractivity contribution in [3.63, 3.8) is 0 Å². The second-order valence-electron chi connectivity index (χ2n) is 4.34. The summed E-state index contributed by atoms with van der Waals surface area (Å²) in [6, 6.07) is 10.6. The van der Waals surface area contributed by atoms with Crippen LogP contribution in [0.2, 0.25) is 0 Å². The molecule has 2 aromatic rings. The van der Waals surface area contributed by atoms with Gasteiger partial charge in [-0.15, -0.1) is 11.3 Å². The summed E-state index contributed by atoms with van der Waals surface area (Å²) in [6.07, 6.45) is 0.543. The summed E-state index contributed by atoms with van der Waals surface area (Å²) >= 11 is 1.07. The lowest BCUT2D eigenvalue weighted by molar-refractivity contribution is 0.285. The number of aliphatic hydroxyl groups is 1. The Morgan fingerprint density at radius 3 is 2.67 bits per heavy atom. The van der Waals surface area contributed by atoms with Crippen molar-refractivity contribution in [3.05, 3.63) is 46.8 Å². The van der Waals surface area contributed by atoms with Gasteiger partial charge in [0.15, 0.2) is 0 Å². The number of para-hydroxylation sites is 1. The van der Waals surface area contributed by atoms with Crippen molar-refractivity contribution >= 4 is 21.4 Å². The van der Waals surface area contributed by atoms with E-state index >= 15 is 0 Å². The third-order valence-electron chi connectivity index (χ3n) is 2.94. The van der Waals surface area contributed by atoms with Crippen molar-refractivity contribution in [2.24, 2.45) is 0 Å². The van der Waals surface area contributed by atoms with E-state index in [4.69, 9.17) is 9.84 Å². The molecule has 5 nitrogen and oxygen atoms in total. The summed E-state index contributed by atoms with van der Waals surface area (Å²) in [5, 5.41) is 8.98. The van der Waals surface area contributed by atoms with Gasteiger partial charge in [-0.05, 0) is 30.2 Å². The maximum absolute atomic E-state index is 12.1. The summed E-state index contributed by atoms with van der Waals surface area (Å²) in [4.78, 5) is 0.625. The number of hydrogen-bond donors (Lipinski definition) is 2. The van der Waals surface area contributed by atoms with E-state index in [9.17, 15) is 8.42 Å². The molecule has 2 rings (SSSR count). The second kappa shape index (κ2) is 7.04. The minimum atomic E-state index is -3.52. The number of hydrogen-bond acceptors (Lipinski definition) is 5. The second-order valence-corrected chi connectivity index (χ2v) is 7.50. The van der Waals surface area contributed by atoms with Crippen molar-refractivity contribution in [1.29, 1.82) is 0 Å². The molecule has 0 saturated carbocycles. The van der Waals surface area contributed by atoms with Gasteiger partial charge >= 0.3 is 0 Å². The quantitative estimate of drug-likeness (QED) is 0.813. The highest BCUT2D eigenvalue weighted by molar-refractivity contribution is 7.91. The minimum absolute atomic E-state index is 0.151. The molecule has 0 aliphatic rings. The van der Waals surface area contributed by atoms with Crippen LogP contribution in [0.15, 0.2) is 40.6 Å². The van der Waals surface area contributed by atoms with Crippen molar-refractivity contribution in [2.75, 3.05) is 13.7 Å². The van der Waals surface area contributed by atoms with Crippen LogP contribution in [-0.2, 0) is 23.1 Å². The smallest absolute Gasteiger partial charge is 0.250 e. The first-order chi connectivity index (χ1) is 10.1. The molecule has 0 spiro atoms. The molecule has 0 atom stereocenters. The molecule has 114 valence electrons. The van der Waals surface area contributed by atoms with E-state index in [1.807, 2.05) is 24.3 Å². The Labute approximate surface area is 128 Å². The minimum Gasteiger partial charge on any atom is -0.496 e. The van der Waals surface area contributed by atoms with Crippen molar-refractivity contribution in [3.8, 4) is 5.75 Å². The van der Waals surface area contributed by atoms with E-state index in [2.05, 4.69) is 4.72 Å². The highest BCUT2D eigenvalue weighted by Gasteiger charge is 2.16. The van der Waals surface area contributed by atoms with Gasteiger partial charge in [0.05, 0.1) is 13.7 Å². The van der Waals surface area contributed by atoms with E-state index in [0.29, 0.717) is 11.3 Å².